The molecule has 0 aliphatic rings. The minimum absolute atomic E-state index is 0.410. The average molecular weight is 178 g/mol. The SMILES string of the molecule is CCNC(CN)Cc1ccccc1. The summed E-state index contributed by atoms with van der Waals surface area (Å²) in [4.78, 5) is 0. The molecule has 2 nitrogen and oxygen atoms in total. The van der Waals surface area contributed by atoms with Crippen LogP contribution in [0.3, 0.4) is 0 Å². The van der Waals surface area contributed by atoms with E-state index in [0.29, 0.717) is 12.6 Å². The van der Waals surface area contributed by atoms with Gasteiger partial charge in [0.05, 0.1) is 0 Å². The van der Waals surface area contributed by atoms with Gasteiger partial charge in [0.15, 0.2) is 0 Å². The van der Waals surface area contributed by atoms with Crippen molar-refractivity contribution in [2.75, 3.05) is 13.1 Å². The number of nitrogens with two attached hydrogens (primary N) is 1. The Bertz CT molecular complexity index is 221. The van der Waals surface area contributed by atoms with Gasteiger partial charge >= 0.3 is 0 Å². The molecule has 0 fully saturated rings. The summed E-state index contributed by atoms with van der Waals surface area (Å²) in [5.74, 6) is 0. The largest absolute Gasteiger partial charge is 0.329 e. The van der Waals surface area contributed by atoms with Crippen molar-refractivity contribution >= 4 is 0 Å². The van der Waals surface area contributed by atoms with Crippen LogP contribution < -0.4 is 11.1 Å². The predicted molar refractivity (Wildman–Crippen MR) is 56.7 cm³/mol. The molecule has 0 saturated heterocycles. The van der Waals surface area contributed by atoms with Gasteiger partial charge in [-0.05, 0) is 18.5 Å². The normalized spacial score (nSPS) is 12.8. The van der Waals surface area contributed by atoms with Crippen LogP contribution in [-0.2, 0) is 6.42 Å². The second-order valence-corrected chi connectivity index (χ2v) is 3.18. The number of nitrogens with one attached hydrogen (secondary N) is 1. The maximum atomic E-state index is 5.64. The summed E-state index contributed by atoms with van der Waals surface area (Å²) in [5, 5.41) is 3.36. The van der Waals surface area contributed by atoms with Crippen molar-refractivity contribution in [1.29, 1.82) is 0 Å². The molecule has 0 bridgehead atoms. The molecule has 72 valence electrons. The molecule has 0 aliphatic heterocycles. The Hall–Kier alpha value is -0.860. The fraction of sp³-hybridized carbons (Fsp3) is 0.455. The van der Waals surface area contributed by atoms with Gasteiger partial charge in [-0.15, -0.1) is 0 Å². The number of benzene rings is 1. The molecule has 3 N–H and O–H groups in total. The summed E-state index contributed by atoms with van der Waals surface area (Å²) in [6.07, 6.45) is 1.02. The summed E-state index contributed by atoms with van der Waals surface area (Å²) in [5.41, 5.74) is 6.99. The molecule has 2 heteroatoms. The van der Waals surface area contributed by atoms with Crippen molar-refractivity contribution < 1.29 is 0 Å². The molecule has 13 heavy (non-hydrogen) atoms. The van der Waals surface area contributed by atoms with Crippen LogP contribution in [0.25, 0.3) is 0 Å². The first kappa shape index (κ1) is 10.2. The van der Waals surface area contributed by atoms with Gasteiger partial charge in [-0.3, -0.25) is 0 Å². The molecule has 0 amide bonds. The zero-order valence-corrected chi connectivity index (χ0v) is 8.16. The molecule has 0 spiro atoms. The van der Waals surface area contributed by atoms with Gasteiger partial charge in [0.2, 0.25) is 0 Å². The summed E-state index contributed by atoms with van der Waals surface area (Å²) >= 11 is 0. The van der Waals surface area contributed by atoms with Crippen LogP contribution in [0.4, 0.5) is 0 Å². The molecule has 0 radical (unpaired) electrons. The highest BCUT2D eigenvalue weighted by Gasteiger charge is 2.04. The Balaban J connectivity index is 2.46. The predicted octanol–water partition coefficient (Wildman–Crippen LogP) is 1.17. The lowest BCUT2D eigenvalue weighted by atomic mass is 10.1. The highest BCUT2D eigenvalue weighted by molar-refractivity contribution is 5.15. The quantitative estimate of drug-likeness (QED) is 0.710. The van der Waals surface area contributed by atoms with E-state index in [1.165, 1.54) is 5.56 Å². The minimum Gasteiger partial charge on any atom is -0.329 e. The number of hydrogen-bond donors (Lipinski definition) is 2. The summed E-state index contributed by atoms with van der Waals surface area (Å²) in [7, 11) is 0. The van der Waals surface area contributed by atoms with Crippen molar-refractivity contribution in [2.24, 2.45) is 5.73 Å². The van der Waals surface area contributed by atoms with Gasteiger partial charge in [-0.25, -0.2) is 0 Å². The average Bonchev–Trinajstić information content (AvgIpc) is 2.19. The Morgan fingerprint density at radius 1 is 1.31 bits per heavy atom. The fourth-order valence-electron chi connectivity index (χ4n) is 1.43. The molecule has 0 saturated carbocycles. The molecular formula is C11H18N2. The van der Waals surface area contributed by atoms with Gasteiger partial charge in [0.1, 0.15) is 0 Å². The lowest BCUT2D eigenvalue weighted by Gasteiger charge is -2.15. The zero-order valence-electron chi connectivity index (χ0n) is 8.16. The summed E-state index contributed by atoms with van der Waals surface area (Å²) in [6, 6.07) is 10.9. The van der Waals surface area contributed by atoms with E-state index in [0.717, 1.165) is 13.0 Å². The second kappa shape index (κ2) is 5.73. The van der Waals surface area contributed by atoms with Crippen LogP contribution in [0.2, 0.25) is 0 Å². The van der Waals surface area contributed by atoms with Crippen molar-refractivity contribution in [3.8, 4) is 0 Å². The van der Waals surface area contributed by atoms with Crippen LogP contribution in [0.5, 0.6) is 0 Å². The van der Waals surface area contributed by atoms with Gasteiger partial charge in [-0.2, -0.15) is 0 Å². The van der Waals surface area contributed by atoms with Crippen LogP contribution in [0.15, 0.2) is 30.3 Å². The zero-order chi connectivity index (χ0) is 9.52. The monoisotopic (exact) mass is 178 g/mol. The smallest absolute Gasteiger partial charge is 0.0230 e. The number of likely N-dealkylation sites (N-methyl/N-ethyl adjacent to an activating group) is 1. The van der Waals surface area contributed by atoms with Crippen molar-refractivity contribution in [3.63, 3.8) is 0 Å². The first-order chi connectivity index (χ1) is 6.36. The van der Waals surface area contributed by atoms with Gasteiger partial charge in [0.25, 0.3) is 0 Å². The lowest BCUT2D eigenvalue weighted by Crippen LogP contribution is -2.37. The molecule has 0 aromatic heterocycles. The van der Waals surface area contributed by atoms with Crippen molar-refractivity contribution in [3.05, 3.63) is 35.9 Å². The molecular weight excluding hydrogens is 160 g/mol. The third-order valence-corrected chi connectivity index (χ3v) is 2.10. The highest BCUT2D eigenvalue weighted by Crippen LogP contribution is 2.01. The number of hydrogen-bond acceptors (Lipinski definition) is 2. The van der Waals surface area contributed by atoms with E-state index in [-0.39, 0.29) is 0 Å². The van der Waals surface area contributed by atoms with E-state index in [1.54, 1.807) is 0 Å². The Morgan fingerprint density at radius 2 is 2.00 bits per heavy atom. The third-order valence-electron chi connectivity index (χ3n) is 2.10. The van der Waals surface area contributed by atoms with Crippen LogP contribution in [0.1, 0.15) is 12.5 Å². The molecule has 1 atom stereocenters. The Kier molecular flexibility index (Phi) is 4.50. The highest BCUT2D eigenvalue weighted by atomic mass is 14.9. The maximum absolute atomic E-state index is 5.64. The van der Waals surface area contributed by atoms with Crippen LogP contribution >= 0.6 is 0 Å². The first-order valence-corrected chi connectivity index (χ1v) is 4.84. The second-order valence-electron chi connectivity index (χ2n) is 3.18. The lowest BCUT2D eigenvalue weighted by molar-refractivity contribution is 0.533. The molecule has 1 aromatic rings. The van der Waals surface area contributed by atoms with Gasteiger partial charge in [0, 0.05) is 12.6 Å². The molecule has 1 rings (SSSR count). The minimum atomic E-state index is 0.410. The summed E-state index contributed by atoms with van der Waals surface area (Å²) in [6.45, 7) is 3.78. The van der Waals surface area contributed by atoms with E-state index < -0.39 is 0 Å². The van der Waals surface area contributed by atoms with Crippen LogP contribution in [0, 0.1) is 0 Å². The van der Waals surface area contributed by atoms with E-state index in [9.17, 15) is 0 Å². The fourth-order valence-corrected chi connectivity index (χ4v) is 1.43. The maximum Gasteiger partial charge on any atom is 0.0230 e. The third kappa shape index (κ3) is 3.57. The van der Waals surface area contributed by atoms with E-state index >= 15 is 0 Å². The first-order valence-electron chi connectivity index (χ1n) is 4.84. The van der Waals surface area contributed by atoms with Gasteiger partial charge < -0.3 is 11.1 Å². The van der Waals surface area contributed by atoms with Gasteiger partial charge in [-0.1, -0.05) is 37.3 Å². The molecule has 1 unspecified atom stereocenters. The Labute approximate surface area is 80.1 Å². The topological polar surface area (TPSA) is 38.0 Å². The van der Waals surface area contributed by atoms with Crippen molar-refractivity contribution in [2.45, 2.75) is 19.4 Å². The van der Waals surface area contributed by atoms with Crippen molar-refractivity contribution in [1.82, 2.24) is 5.32 Å². The molecule has 0 aliphatic carbocycles. The molecule has 1 aromatic carbocycles. The Morgan fingerprint density at radius 3 is 2.54 bits per heavy atom. The van der Waals surface area contributed by atoms with E-state index in [4.69, 9.17) is 5.73 Å². The number of rotatable bonds is 5. The summed E-state index contributed by atoms with van der Waals surface area (Å²) < 4.78 is 0. The van der Waals surface area contributed by atoms with E-state index in [1.807, 2.05) is 6.07 Å². The standard InChI is InChI=1S/C11H18N2/c1-2-13-11(9-12)8-10-6-4-3-5-7-10/h3-7,11,13H,2,8-9,12H2,1H3. The van der Waals surface area contributed by atoms with Crippen LogP contribution in [-0.4, -0.2) is 19.1 Å². The molecule has 0 heterocycles. The van der Waals surface area contributed by atoms with E-state index in [2.05, 4.69) is 36.5 Å².